The van der Waals surface area contributed by atoms with E-state index in [2.05, 4.69) is 9.97 Å². The number of carbonyl (C=O) groups is 3. The number of imide groups is 1. The molecular weight excluding hydrogens is 470 g/mol. The molecule has 3 amide bonds. The first-order valence-corrected chi connectivity index (χ1v) is 12.0. The average molecular weight is 494 g/mol. The van der Waals surface area contributed by atoms with E-state index in [1.807, 2.05) is 37.3 Å². The maximum atomic E-state index is 13.5. The molecule has 1 unspecified atom stereocenters. The van der Waals surface area contributed by atoms with Crippen LogP contribution in [0.3, 0.4) is 0 Å². The summed E-state index contributed by atoms with van der Waals surface area (Å²) in [7, 11) is 0. The molecule has 6 rings (SSSR count). The highest BCUT2D eigenvalue weighted by atomic mass is 16.5. The lowest BCUT2D eigenvalue weighted by molar-refractivity contribution is 0.0570. The number of aromatic nitrogens is 3. The van der Waals surface area contributed by atoms with E-state index >= 15 is 0 Å². The Morgan fingerprint density at radius 1 is 0.946 bits per heavy atom. The number of nitrogens with two attached hydrogens (primary N) is 1. The molecule has 184 valence electrons. The maximum Gasteiger partial charge on any atom is 0.410 e. The summed E-state index contributed by atoms with van der Waals surface area (Å²) < 4.78 is 5.16. The van der Waals surface area contributed by atoms with Crippen LogP contribution in [0.4, 0.5) is 4.79 Å². The molecule has 0 fully saturated rings. The van der Waals surface area contributed by atoms with Gasteiger partial charge in [-0.15, -0.1) is 0 Å². The Morgan fingerprint density at radius 2 is 1.62 bits per heavy atom. The predicted molar refractivity (Wildman–Crippen MR) is 138 cm³/mol. The monoisotopic (exact) mass is 493 g/mol. The predicted octanol–water partition coefficient (Wildman–Crippen LogP) is 5.31. The Labute approximate surface area is 211 Å². The number of aromatic amines is 2. The fraction of sp³-hybridized carbons (Fsp3) is 0.143. The third-order valence-corrected chi connectivity index (χ3v) is 6.69. The Bertz CT molecular complexity index is 1680. The van der Waals surface area contributed by atoms with Gasteiger partial charge in [0.15, 0.2) is 5.75 Å². The van der Waals surface area contributed by atoms with Crippen molar-refractivity contribution in [3.8, 4) is 17.1 Å². The molecule has 0 aliphatic carbocycles. The van der Waals surface area contributed by atoms with Gasteiger partial charge in [0, 0.05) is 16.5 Å². The van der Waals surface area contributed by atoms with Crippen LogP contribution in [0.2, 0.25) is 0 Å². The van der Waals surface area contributed by atoms with Crippen molar-refractivity contribution in [2.45, 2.75) is 25.8 Å². The van der Waals surface area contributed by atoms with Gasteiger partial charge in [-0.1, -0.05) is 49.7 Å². The van der Waals surface area contributed by atoms with Crippen LogP contribution in [0.25, 0.3) is 33.3 Å². The smallest absolute Gasteiger partial charge is 0.408 e. The van der Waals surface area contributed by atoms with Crippen molar-refractivity contribution in [2.24, 2.45) is 5.73 Å². The molecule has 1 aliphatic rings. The van der Waals surface area contributed by atoms with Crippen molar-refractivity contribution in [1.82, 2.24) is 19.9 Å². The Kier molecular flexibility index (Phi) is 5.26. The lowest BCUT2D eigenvalue weighted by Crippen LogP contribution is -2.34. The van der Waals surface area contributed by atoms with Gasteiger partial charge in [0.2, 0.25) is 0 Å². The van der Waals surface area contributed by atoms with Crippen molar-refractivity contribution in [1.29, 1.82) is 0 Å². The van der Waals surface area contributed by atoms with E-state index in [4.69, 9.17) is 15.5 Å². The van der Waals surface area contributed by atoms with Crippen LogP contribution < -0.4 is 10.5 Å². The van der Waals surface area contributed by atoms with Gasteiger partial charge in [-0.2, -0.15) is 0 Å². The van der Waals surface area contributed by atoms with Crippen LogP contribution in [-0.4, -0.2) is 37.8 Å². The Morgan fingerprint density at radius 3 is 2.32 bits per heavy atom. The summed E-state index contributed by atoms with van der Waals surface area (Å²) in [6.07, 6.45) is 0.365. The molecule has 0 bridgehead atoms. The molecule has 9 heteroatoms. The summed E-state index contributed by atoms with van der Waals surface area (Å²) in [5.41, 5.74) is 9.45. The zero-order chi connectivity index (χ0) is 25.7. The first-order chi connectivity index (χ1) is 18.0. The molecule has 0 spiro atoms. The quantitative estimate of drug-likeness (QED) is 0.276. The molecule has 2 aromatic heterocycles. The topological polar surface area (TPSA) is 134 Å². The number of rotatable bonds is 6. The first kappa shape index (κ1) is 22.5. The number of nitrogens with zero attached hydrogens (tertiary/aromatic N) is 2. The van der Waals surface area contributed by atoms with Gasteiger partial charge in [-0.25, -0.2) is 9.78 Å². The standard InChI is InChI=1S/C28H23N5O4/c1-2-8-20(33-26(34)15-9-3-4-10-16(15)27(33)35)24-22(17-11-5-6-12-18(17)30-24)25-31-19-13-7-14-21(23(19)32-25)37-28(29)36/h3-7,9-14,20,30H,2,8H2,1H3,(H2,29,36)(H,31,32). The molecule has 3 heterocycles. The minimum Gasteiger partial charge on any atom is -0.408 e. The van der Waals surface area contributed by atoms with E-state index in [1.54, 1.807) is 36.4 Å². The fourth-order valence-corrected chi connectivity index (χ4v) is 5.15. The van der Waals surface area contributed by atoms with Crippen molar-refractivity contribution < 1.29 is 19.1 Å². The van der Waals surface area contributed by atoms with Crippen LogP contribution in [0.1, 0.15) is 52.2 Å². The summed E-state index contributed by atoms with van der Waals surface area (Å²) in [6, 6.07) is 19.3. The Hall–Kier alpha value is -4.92. The van der Waals surface area contributed by atoms with Gasteiger partial charge in [-0.3, -0.25) is 14.5 Å². The van der Waals surface area contributed by atoms with E-state index < -0.39 is 12.1 Å². The number of para-hydroxylation sites is 2. The molecule has 9 nitrogen and oxygen atoms in total. The van der Waals surface area contributed by atoms with E-state index in [9.17, 15) is 14.4 Å². The minimum absolute atomic E-state index is 0.236. The average Bonchev–Trinajstić information content (AvgIpc) is 3.56. The number of fused-ring (bicyclic) bond motifs is 3. The van der Waals surface area contributed by atoms with Gasteiger partial charge >= 0.3 is 6.09 Å². The van der Waals surface area contributed by atoms with Gasteiger partial charge < -0.3 is 20.4 Å². The summed E-state index contributed by atoms with van der Waals surface area (Å²) in [5.74, 6) is 0.121. The number of H-pyrrole nitrogens is 2. The minimum atomic E-state index is -0.932. The van der Waals surface area contributed by atoms with E-state index in [-0.39, 0.29) is 17.6 Å². The van der Waals surface area contributed by atoms with E-state index in [0.717, 1.165) is 22.9 Å². The second kappa shape index (κ2) is 8.63. The SMILES string of the molecule is CCCC(c1[nH]c2ccccc2c1-c1nc2c(OC(N)=O)cccc2[nH]1)N1C(=O)c2ccccc2C1=O. The Balaban J connectivity index is 1.56. The number of benzene rings is 3. The molecule has 1 atom stereocenters. The number of ether oxygens (including phenoxy) is 1. The number of primary amides is 1. The highest BCUT2D eigenvalue weighted by molar-refractivity contribution is 6.21. The third kappa shape index (κ3) is 3.55. The highest BCUT2D eigenvalue weighted by Gasteiger charge is 2.41. The number of hydrogen-bond donors (Lipinski definition) is 3. The fourth-order valence-electron chi connectivity index (χ4n) is 5.15. The summed E-state index contributed by atoms with van der Waals surface area (Å²) in [6.45, 7) is 2.02. The van der Waals surface area contributed by atoms with Crippen LogP contribution in [0.5, 0.6) is 5.75 Å². The molecule has 0 saturated heterocycles. The first-order valence-electron chi connectivity index (χ1n) is 12.0. The van der Waals surface area contributed by atoms with Crippen LogP contribution in [-0.2, 0) is 0 Å². The molecule has 1 aliphatic heterocycles. The van der Waals surface area contributed by atoms with Crippen LogP contribution >= 0.6 is 0 Å². The van der Waals surface area contributed by atoms with Gasteiger partial charge in [0.25, 0.3) is 11.8 Å². The molecule has 3 aromatic carbocycles. The molecule has 4 N–H and O–H groups in total. The molecule has 37 heavy (non-hydrogen) atoms. The summed E-state index contributed by atoms with van der Waals surface area (Å²) in [4.78, 5) is 51.3. The van der Waals surface area contributed by atoms with Gasteiger partial charge in [0.1, 0.15) is 11.3 Å². The molecule has 0 radical (unpaired) electrons. The van der Waals surface area contributed by atoms with E-state index in [1.165, 1.54) is 4.90 Å². The summed E-state index contributed by atoms with van der Waals surface area (Å²) >= 11 is 0. The lowest BCUT2D eigenvalue weighted by Gasteiger charge is -2.26. The highest BCUT2D eigenvalue weighted by Crippen LogP contribution is 2.42. The van der Waals surface area contributed by atoms with Gasteiger partial charge in [0.05, 0.1) is 28.4 Å². The second-order valence-corrected chi connectivity index (χ2v) is 8.95. The lowest BCUT2D eigenvalue weighted by atomic mass is 10.0. The normalized spacial score (nSPS) is 13.9. The summed E-state index contributed by atoms with van der Waals surface area (Å²) in [5, 5.41) is 0.881. The largest absolute Gasteiger partial charge is 0.410 e. The van der Waals surface area contributed by atoms with Gasteiger partial charge in [-0.05, 0) is 36.8 Å². The number of imidazole rings is 1. The molecule has 0 saturated carbocycles. The van der Waals surface area contributed by atoms with Crippen LogP contribution in [0.15, 0.2) is 66.7 Å². The van der Waals surface area contributed by atoms with Crippen LogP contribution in [0, 0.1) is 0 Å². The molecule has 5 aromatic rings. The number of carbonyl (C=O) groups excluding carboxylic acids is 3. The second-order valence-electron chi connectivity index (χ2n) is 8.95. The zero-order valence-corrected chi connectivity index (χ0v) is 19.9. The third-order valence-electron chi connectivity index (χ3n) is 6.69. The van der Waals surface area contributed by atoms with Crippen molar-refractivity contribution in [3.63, 3.8) is 0 Å². The zero-order valence-electron chi connectivity index (χ0n) is 19.9. The number of amides is 3. The number of hydrogen-bond acceptors (Lipinski definition) is 5. The van der Waals surface area contributed by atoms with Crippen molar-refractivity contribution >= 4 is 39.8 Å². The van der Waals surface area contributed by atoms with Crippen molar-refractivity contribution in [2.75, 3.05) is 0 Å². The molecular formula is C28H23N5O4. The van der Waals surface area contributed by atoms with E-state index in [0.29, 0.717) is 40.1 Å². The van der Waals surface area contributed by atoms with Crippen molar-refractivity contribution in [3.05, 3.63) is 83.6 Å². The maximum absolute atomic E-state index is 13.5. The number of nitrogens with one attached hydrogen (secondary N) is 2.